The summed E-state index contributed by atoms with van der Waals surface area (Å²) in [5.74, 6) is -22.0. The van der Waals surface area contributed by atoms with Crippen LogP contribution in [0.1, 0.15) is 27.7 Å². The lowest BCUT2D eigenvalue weighted by Crippen LogP contribution is -2.64. The summed E-state index contributed by atoms with van der Waals surface area (Å²) in [6.45, 7) is 14.2. The number of halogens is 10. The van der Waals surface area contributed by atoms with Gasteiger partial charge in [-0.2, -0.15) is 39.5 Å². The largest absolute Gasteiger partial charge is 0.746 e. The van der Waals surface area contributed by atoms with Gasteiger partial charge in [0.15, 0.2) is 0 Å². The highest BCUT2D eigenvalue weighted by atomic mass is 32.2. The summed E-state index contributed by atoms with van der Waals surface area (Å²) in [5.41, 5.74) is -5.48. The first-order valence-electron chi connectivity index (χ1n) is 7.79. The van der Waals surface area contributed by atoms with Crippen molar-refractivity contribution < 1.29 is 61.4 Å². The molecule has 0 spiro atoms. The molecule has 0 aromatic carbocycles. The highest BCUT2D eigenvalue weighted by Gasteiger charge is 2.84. The highest BCUT2D eigenvalue weighted by Crippen LogP contribution is 2.54. The van der Waals surface area contributed by atoms with E-state index >= 15 is 0 Å². The van der Waals surface area contributed by atoms with Crippen molar-refractivity contribution in [2.75, 3.05) is 26.2 Å². The van der Waals surface area contributed by atoms with Crippen molar-refractivity contribution in [2.45, 2.75) is 57.1 Å². The van der Waals surface area contributed by atoms with E-state index in [0.29, 0.717) is 0 Å². The monoisotopic (exact) mass is 461 g/mol. The lowest BCUT2D eigenvalue weighted by atomic mass is 10.1. The van der Waals surface area contributed by atoms with Gasteiger partial charge in [-0.1, -0.05) is 0 Å². The van der Waals surface area contributed by atoms with E-state index < -0.39 is 39.6 Å². The maximum Gasteiger partial charge on any atom is 0.460 e. The molecule has 0 amide bonds. The topological polar surface area (TPSA) is 57.2 Å². The minimum atomic E-state index is -7.49. The van der Waals surface area contributed by atoms with Crippen LogP contribution in [0.2, 0.25) is 0 Å². The van der Waals surface area contributed by atoms with Crippen molar-refractivity contribution in [3.05, 3.63) is 0 Å². The zero-order chi connectivity index (χ0) is 23.4. The van der Waals surface area contributed by atoms with Crippen molar-refractivity contribution in [3.63, 3.8) is 0 Å². The Morgan fingerprint density at radius 1 is 0.750 bits per heavy atom. The smallest absolute Gasteiger partial charge is 0.460 e. The van der Waals surface area contributed by atoms with Crippen LogP contribution in [-0.4, -0.2) is 73.1 Å². The van der Waals surface area contributed by atoms with Gasteiger partial charge < -0.3 is 9.04 Å². The zero-order valence-corrected chi connectivity index (χ0v) is 16.1. The Morgan fingerprint density at radius 2 is 1.04 bits per heavy atom. The Balaban J connectivity index is 0. The molecular formula is C13H21F10NO3S. The van der Waals surface area contributed by atoms with Crippen molar-refractivity contribution in [3.8, 4) is 0 Å². The number of nitrogens with zero attached hydrogens (tertiary/aromatic N) is 1. The molecular weight excluding hydrogens is 440 g/mol. The molecule has 1 atom stereocenters. The summed E-state index contributed by atoms with van der Waals surface area (Å²) in [6, 6.07) is 0. The second kappa shape index (κ2) is 9.32. The average Bonchev–Trinajstić information content (AvgIpc) is 2.55. The Morgan fingerprint density at radius 3 is 1.18 bits per heavy atom. The Labute approximate surface area is 155 Å². The fourth-order valence-electron chi connectivity index (χ4n) is 2.05. The molecule has 0 heterocycles. The SMILES string of the molecule is CC[N+](CC)(CC)CC.O=S(=O)([O-])C(F)C(F)(F)C(F)(F)C(F)(F)C(F)(F)F. The molecule has 0 radical (unpaired) electrons. The minimum absolute atomic E-state index is 1.28. The lowest BCUT2D eigenvalue weighted by molar-refractivity contribution is -0.921. The molecule has 172 valence electrons. The molecule has 0 fully saturated rings. The maximum atomic E-state index is 12.4. The van der Waals surface area contributed by atoms with E-state index in [4.69, 9.17) is 0 Å². The Bertz CT molecular complexity index is 570. The third-order valence-corrected chi connectivity index (χ3v) is 5.19. The molecule has 0 saturated carbocycles. The summed E-state index contributed by atoms with van der Waals surface area (Å²) in [5, 5.41) is 0. The summed E-state index contributed by atoms with van der Waals surface area (Å²) in [4.78, 5) is 0. The quantitative estimate of drug-likeness (QED) is 0.310. The van der Waals surface area contributed by atoms with Gasteiger partial charge in [-0.25, -0.2) is 12.8 Å². The standard InChI is InChI=1S/C8H20N.C5H2F10O3S/c1-5-9(6-2,7-3)8-4;6-1(19(16,17)18)2(7,8)3(9,10)4(11,12)5(13,14)15/h5-8H2,1-4H3;1H,(H,16,17,18)/q+1;/p-1. The molecule has 0 saturated heterocycles. The third kappa shape index (κ3) is 5.84. The number of hydrogen-bond acceptors (Lipinski definition) is 3. The summed E-state index contributed by atoms with van der Waals surface area (Å²) in [7, 11) is -6.90. The van der Waals surface area contributed by atoms with Crippen molar-refractivity contribution >= 4 is 10.1 Å². The van der Waals surface area contributed by atoms with Gasteiger partial charge in [-0.05, 0) is 27.7 Å². The molecule has 0 N–H and O–H groups in total. The number of rotatable bonds is 8. The van der Waals surface area contributed by atoms with Gasteiger partial charge in [0.1, 0.15) is 10.1 Å². The van der Waals surface area contributed by atoms with Crippen LogP contribution in [0.5, 0.6) is 0 Å². The number of hydrogen-bond donors (Lipinski definition) is 0. The summed E-state index contributed by atoms with van der Waals surface area (Å²) >= 11 is 0. The van der Waals surface area contributed by atoms with E-state index in [0.717, 1.165) is 0 Å². The molecule has 0 aromatic rings. The maximum absolute atomic E-state index is 12.4. The molecule has 1 unspecified atom stereocenters. The molecule has 0 aromatic heterocycles. The van der Waals surface area contributed by atoms with Crippen LogP contribution in [0, 0.1) is 0 Å². The van der Waals surface area contributed by atoms with E-state index in [1.807, 2.05) is 0 Å². The van der Waals surface area contributed by atoms with Gasteiger partial charge >= 0.3 is 23.9 Å². The van der Waals surface area contributed by atoms with Crippen molar-refractivity contribution in [2.24, 2.45) is 0 Å². The zero-order valence-electron chi connectivity index (χ0n) is 15.3. The van der Waals surface area contributed by atoms with Crippen molar-refractivity contribution in [1.29, 1.82) is 0 Å². The fourth-order valence-corrected chi connectivity index (χ4v) is 2.56. The van der Waals surface area contributed by atoms with Crippen LogP contribution in [0.3, 0.4) is 0 Å². The molecule has 0 aliphatic heterocycles. The average molecular weight is 461 g/mol. The Hall–Kier alpha value is -0.830. The second-order valence-electron chi connectivity index (χ2n) is 5.68. The normalized spacial score (nSPS) is 15.7. The van der Waals surface area contributed by atoms with Crippen LogP contribution in [-0.2, 0) is 10.1 Å². The molecule has 4 nitrogen and oxygen atoms in total. The third-order valence-electron chi connectivity index (χ3n) is 4.39. The van der Waals surface area contributed by atoms with Crippen LogP contribution in [0.25, 0.3) is 0 Å². The second-order valence-corrected chi connectivity index (χ2v) is 7.08. The predicted molar refractivity (Wildman–Crippen MR) is 77.9 cm³/mol. The van der Waals surface area contributed by atoms with E-state index in [-0.39, 0.29) is 0 Å². The molecule has 0 aliphatic rings. The van der Waals surface area contributed by atoms with Gasteiger partial charge in [0.25, 0.3) is 5.50 Å². The fraction of sp³-hybridized carbons (Fsp3) is 1.00. The summed E-state index contributed by atoms with van der Waals surface area (Å²) in [6.07, 6.45) is -7.23. The first-order chi connectivity index (χ1) is 12.1. The van der Waals surface area contributed by atoms with Gasteiger partial charge in [0.05, 0.1) is 26.2 Å². The highest BCUT2D eigenvalue weighted by molar-refractivity contribution is 7.86. The molecule has 15 heteroatoms. The Kier molecular flexibility index (Phi) is 9.78. The van der Waals surface area contributed by atoms with E-state index in [1.165, 1.54) is 30.7 Å². The van der Waals surface area contributed by atoms with Gasteiger partial charge in [0.2, 0.25) is 0 Å². The van der Waals surface area contributed by atoms with Crippen LogP contribution in [0.4, 0.5) is 43.9 Å². The van der Waals surface area contributed by atoms with E-state index in [2.05, 4.69) is 27.7 Å². The first-order valence-corrected chi connectivity index (χ1v) is 9.26. The predicted octanol–water partition coefficient (Wildman–Crippen LogP) is 4.18. The minimum Gasteiger partial charge on any atom is -0.746 e. The molecule has 28 heavy (non-hydrogen) atoms. The number of quaternary nitrogens is 1. The van der Waals surface area contributed by atoms with Crippen LogP contribution in [0.15, 0.2) is 0 Å². The van der Waals surface area contributed by atoms with Crippen LogP contribution < -0.4 is 0 Å². The van der Waals surface area contributed by atoms with Gasteiger partial charge in [-0.3, -0.25) is 0 Å². The van der Waals surface area contributed by atoms with E-state index in [9.17, 15) is 56.9 Å². The lowest BCUT2D eigenvalue weighted by Gasteiger charge is -2.35. The molecule has 0 aliphatic carbocycles. The van der Waals surface area contributed by atoms with Crippen LogP contribution >= 0.6 is 0 Å². The molecule has 0 bridgehead atoms. The first kappa shape index (κ1) is 29.4. The van der Waals surface area contributed by atoms with Crippen molar-refractivity contribution in [1.82, 2.24) is 0 Å². The van der Waals surface area contributed by atoms with Gasteiger partial charge in [0, 0.05) is 0 Å². The number of alkyl halides is 10. The van der Waals surface area contributed by atoms with E-state index in [1.54, 1.807) is 0 Å². The molecule has 0 rings (SSSR count). The summed E-state index contributed by atoms with van der Waals surface area (Å²) < 4.78 is 151. The van der Waals surface area contributed by atoms with Gasteiger partial charge in [-0.15, -0.1) is 0 Å².